The lowest BCUT2D eigenvalue weighted by molar-refractivity contribution is 0.275. The van der Waals surface area contributed by atoms with Gasteiger partial charge in [-0.1, -0.05) is 17.7 Å². The van der Waals surface area contributed by atoms with Crippen LogP contribution in [0.2, 0.25) is 5.02 Å². The van der Waals surface area contributed by atoms with Crippen LogP contribution in [0.4, 0.5) is 0 Å². The molecule has 1 atom stereocenters. The summed E-state index contributed by atoms with van der Waals surface area (Å²) < 4.78 is 0. The smallest absolute Gasteiger partial charge is 0.0445 e. The number of hydrogen-bond acceptors (Lipinski definition) is 2. The fourth-order valence-corrected chi connectivity index (χ4v) is 1.67. The second-order valence-electron chi connectivity index (χ2n) is 3.55. The molecular formula is C11H16ClNO. The quantitative estimate of drug-likeness (QED) is 0.803. The van der Waals surface area contributed by atoms with Crippen molar-refractivity contribution < 1.29 is 5.11 Å². The Balaban J connectivity index is 2.67. The topological polar surface area (TPSA) is 46.2 Å². The number of rotatable bonds is 4. The minimum absolute atomic E-state index is 0.0277. The minimum atomic E-state index is 0.0277. The van der Waals surface area contributed by atoms with Crippen molar-refractivity contribution >= 4 is 11.6 Å². The number of halogens is 1. The largest absolute Gasteiger partial charge is 0.396 e. The number of hydrogen-bond donors (Lipinski definition) is 2. The molecule has 0 aliphatic rings. The van der Waals surface area contributed by atoms with Gasteiger partial charge in [-0.05, 0) is 43.0 Å². The molecule has 0 amide bonds. The Morgan fingerprint density at radius 3 is 2.79 bits per heavy atom. The van der Waals surface area contributed by atoms with Gasteiger partial charge in [0.25, 0.3) is 0 Å². The summed E-state index contributed by atoms with van der Waals surface area (Å²) >= 11 is 5.84. The summed E-state index contributed by atoms with van der Waals surface area (Å²) in [4.78, 5) is 0. The van der Waals surface area contributed by atoms with Crippen LogP contribution in [0.25, 0.3) is 0 Å². The van der Waals surface area contributed by atoms with Crippen LogP contribution >= 0.6 is 11.6 Å². The molecule has 78 valence electrons. The van der Waals surface area contributed by atoms with Crippen LogP contribution < -0.4 is 5.73 Å². The van der Waals surface area contributed by atoms with Gasteiger partial charge >= 0.3 is 0 Å². The van der Waals surface area contributed by atoms with Crippen molar-refractivity contribution in [2.75, 3.05) is 6.61 Å². The van der Waals surface area contributed by atoms with E-state index in [0.717, 1.165) is 17.0 Å². The highest BCUT2D eigenvalue weighted by molar-refractivity contribution is 6.30. The molecule has 0 aliphatic heterocycles. The molecule has 0 aromatic heterocycles. The molecule has 0 fully saturated rings. The summed E-state index contributed by atoms with van der Waals surface area (Å²) in [5.41, 5.74) is 8.19. The maximum Gasteiger partial charge on any atom is 0.0445 e. The van der Waals surface area contributed by atoms with Gasteiger partial charge in [0.1, 0.15) is 0 Å². The molecule has 0 spiro atoms. The molecule has 1 aromatic carbocycles. The highest BCUT2D eigenvalue weighted by atomic mass is 35.5. The van der Waals surface area contributed by atoms with E-state index in [-0.39, 0.29) is 12.6 Å². The zero-order valence-electron chi connectivity index (χ0n) is 8.33. The summed E-state index contributed by atoms with van der Waals surface area (Å²) in [6.45, 7) is 2.17. The zero-order valence-corrected chi connectivity index (χ0v) is 9.09. The summed E-state index contributed by atoms with van der Waals surface area (Å²) in [6, 6.07) is 5.83. The molecule has 1 rings (SSSR count). The first-order valence-corrected chi connectivity index (χ1v) is 5.12. The van der Waals surface area contributed by atoms with Crippen LogP contribution in [0.5, 0.6) is 0 Å². The molecule has 1 aromatic rings. The number of nitrogens with two attached hydrogens (primary N) is 1. The highest BCUT2D eigenvalue weighted by Crippen LogP contribution is 2.16. The third-order valence-corrected chi connectivity index (χ3v) is 2.52. The second kappa shape index (κ2) is 5.35. The van der Waals surface area contributed by atoms with Gasteiger partial charge in [-0.3, -0.25) is 0 Å². The number of aliphatic hydroxyl groups excluding tert-OH is 1. The van der Waals surface area contributed by atoms with Crippen LogP contribution in [0, 0.1) is 6.92 Å². The molecule has 0 saturated carbocycles. The fourth-order valence-electron chi connectivity index (χ4n) is 1.44. The lowest BCUT2D eigenvalue weighted by atomic mass is 10.0. The van der Waals surface area contributed by atoms with Crippen LogP contribution in [0.3, 0.4) is 0 Å². The summed E-state index contributed by atoms with van der Waals surface area (Å²) in [5.74, 6) is 0. The Kier molecular flexibility index (Phi) is 4.39. The van der Waals surface area contributed by atoms with E-state index in [2.05, 4.69) is 0 Å². The van der Waals surface area contributed by atoms with E-state index in [9.17, 15) is 0 Å². The molecule has 0 heterocycles. The average molecular weight is 214 g/mol. The lowest BCUT2D eigenvalue weighted by Gasteiger charge is -2.12. The van der Waals surface area contributed by atoms with E-state index in [4.69, 9.17) is 22.4 Å². The average Bonchev–Trinajstić information content (AvgIpc) is 2.10. The first kappa shape index (κ1) is 11.5. The van der Waals surface area contributed by atoms with Gasteiger partial charge in [-0.25, -0.2) is 0 Å². The van der Waals surface area contributed by atoms with E-state index in [0.29, 0.717) is 6.42 Å². The van der Waals surface area contributed by atoms with Crippen molar-refractivity contribution in [1.82, 2.24) is 0 Å². The molecule has 0 saturated heterocycles. The Morgan fingerprint density at radius 2 is 2.21 bits per heavy atom. The van der Waals surface area contributed by atoms with Crippen molar-refractivity contribution in [2.45, 2.75) is 25.8 Å². The van der Waals surface area contributed by atoms with Crippen molar-refractivity contribution in [3.63, 3.8) is 0 Å². The minimum Gasteiger partial charge on any atom is -0.396 e. The van der Waals surface area contributed by atoms with Crippen molar-refractivity contribution in [2.24, 2.45) is 5.73 Å². The summed E-state index contributed by atoms with van der Waals surface area (Å²) in [7, 11) is 0. The van der Waals surface area contributed by atoms with Gasteiger partial charge in [0, 0.05) is 17.7 Å². The maximum absolute atomic E-state index is 8.73. The predicted octanol–water partition coefficient (Wildman–Crippen LogP) is 1.90. The van der Waals surface area contributed by atoms with Crippen LogP contribution in [-0.4, -0.2) is 17.8 Å². The molecule has 1 unspecified atom stereocenters. The van der Waals surface area contributed by atoms with E-state index >= 15 is 0 Å². The molecule has 14 heavy (non-hydrogen) atoms. The molecule has 3 heteroatoms. The monoisotopic (exact) mass is 213 g/mol. The highest BCUT2D eigenvalue weighted by Gasteiger charge is 2.05. The zero-order chi connectivity index (χ0) is 10.6. The van der Waals surface area contributed by atoms with Crippen LogP contribution in [0.15, 0.2) is 18.2 Å². The van der Waals surface area contributed by atoms with Gasteiger partial charge in [-0.2, -0.15) is 0 Å². The SMILES string of the molecule is Cc1cc(Cl)ccc1CC(N)CCO. The van der Waals surface area contributed by atoms with Crippen molar-refractivity contribution in [3.8, 4) is 0 Å². The predicted molar refractivity (Wildman–Crippen MR) is 59.6 cm³/mol. The van der Waals surface area contributed by atoms with Gasteiger partial charge < -0.3 is 10.8 Å². The number of benzene rings is 1. The Labute approximate surface area is 89.7 Å². The second-order valence-corrected chi connectivity index (χ2v) is 3.98. The van der Waals surface area contributed by atoms with Crippen LogP contribution in [-0.2, 0) is 6.42 Å². The van der Waals surface area contributed by atoms with E-state index in [1.165, 1.54) is 5.56 Å². The van der Waals surface area contributed by atoms with Gasteiger partial charge in [0.2, 0.25) is 0 Å². The molecule has 0 radical (unpaired) electrons. The number of aliphatic hydroxyl groups is 1. The fraction of sp³-hybridized carbons (Fsp3) is 0.455. The molecule has 2 nitrogen and oxygen atoms in total. The van der Waals surface area contributed by atoms with E-state index < -0.39 is 0 Å². The van der Waals surface area contributed by atoms with E-state index in [1.807, 2.05) is 25.1 Å². The Bertz CT molecular complexity index is 301. The third kappa shape index (κ3) is 3.29. The molecule has 0 bridgehead atoms. The van der Waals surface area contributed by atoms with Crippen LogP contribution in [0.1, 0.15) is 17.5 Å². The first-order chi connectivity index (χ1) is 6.63. The van der Waals surface area contributed by atoms with Crippen molar-refractivity contribution in [1.29, 1.82) is 0 Å². The van der Waals surface area contributed by atoms with Crippen molar-refractivity contribution in [3.05, 3.63) is 34.3 Å². The molecular weight excluding hydrogens is 198 g/mol. The standard InChI is InChI=1S/C11H16ClNO/c1-8-6-10(12)3-2-9(8)7-11(13)4-5-14/h2-3,6,11,14H,4-5,7,13H2,1H3. The number of aryl methyl sites for hydroxylation is 1. The normalized spacial score (nSPS) is 12.9. The Hall–Kier alpha value is -0.570. The first-order valence-electron chi connectivity index (χ1n) is 4.75. The lowest BCUT2D eigenvalue weighted by Crippen LogP contribution is -2.24. The summed E-state index contributed by atoms with van der Waals surface area (Å²) in [5, 5.41) is 9.48. The molecule has 0 aliphatic carbocycles. The third-order valence-electron chi connectivity index (χ3n) is 2.29. The van der Waals surface area contributed by atoms with Gasteiger partial charge in [0.15, 0.2) is 0 Å². The maximum atomic E-state index is 8.73. The summed E-state index contributed by atoms with van der Waals surface area (Å²) in [6.07, 6.45) is 1.44. The Morgan fingerprint density at radius 1 is 1.50 bits per heavy atom. The van der Waals surface area contributed by atoms with Gasteiger partial charge in [-0.15, -0.1) is 0 Å². The van der Waals surface area contributed by atoms with Gasteiger partial charge in [0.05, 0.1) is 0 Å². The van der Waals surface area contributed by atoms with E-state index in [1.54, 1.807) is 0 Å². The molecule has 3 N–H and O–H groups in total.